The van der Waals surface area contributed by atoms with E-state index in [1.54, 1.807) is 16.9 Å². The molecule has 1 aromatic carbocycles. The van der Waals surface area contributed by atoms with E-state index in [4.69, 9.17) is 0 Å². The molecule has 0 unspecified atom stereocenters. The SMILES string of the molecule is Cc1cc(C)n(Cn2ccc(C(=O)Nc3c(C)cccc3C)n2)n1. The number of aromatic nitrogens is 4. The Labute approximate surface area is 141 Å². The van der Waals surface area contributed by atoms with Crippen molar-refractivity contribution in [2.24, 2.45) is 0 Å². The molecule has 3 rings (SSSR count). The second-order valence-corrected chi connectivity index (χ2v) is 6.03. The van der Waals surface area contributed by atoms with Crippen LogP contribution < -0.4 is 5.32 Å². The van der Waals surface area contributed by atoms with E-state index in [1.165, 1.54) is 0 Å². The molecule has 1 N–H and O–H groups in total. The monoisotopic (exact) mass is 323 g/mol. The number of hydrogen-bond acceptors (Lipinski definition) is 3. The van der Waals surface area contributed by atoms with E-state index in [2.05, 4.69) is 15.5 Å². The number of hydrogen-bond donors (Lipinski definition) is 1. The molecule has 0 saturated heterocycles. The van der Waals surface area contributed by atoms with Crippen molar-refractivity contribution in [3.63, 3.8) is 0 Å². The molecule has 1 amide bonds. The van der Waals surface area contributed by atoms with Gasteiger partial charge in [0.05, 0.1) is 5.69 Å². The van der Waals surface area contributed by atoms with Crippen LogP contribution in [0.15, 0.2) is 36.5 Å². The third-order valence-electron chi connectivity index (χ3n) is 3.98. The normalized spacial score (nSPS) is 10.8. The van der Waals surface area contributed by atoms with Crippen molar-refractivity contribution in [3.05, 3.63) is 64.7 Å². The van der Waals surface area contributed by atoms with E-state index >= 15 is 0 Å². The molecular weight excluding hydrogens is 302 g/mol. The second-order valence-electron chi connectivity index (χ2n) is 6.03. The first-order valence-electron chi connectivity index (χ1n) is 7.86. The Kier molecular flexibility index (Phi) is 4.20. The predicted octanol–water partition coefficient (Wildman–Crippen LogP) is 3.07. The van der Waals surface area contributed by atoms with Crippen molar-refractivity contribution in [3.8, 4) is 0 Å². The highest BCUT2D eigenvalue weighted by Gasteiger charge is 2.13. The molecule has 0 aliphatic rings. The minimum Gasteiger partial charge on any atom is -0.320 e. The lowest BCUT2D eigenvalue weighted by Crippen LogP contribution is -2.16. The highest BCUT2D eigenvalue weighted by atomic mass is 16.2. The first-order valence-corrected chi connectivity index (χ1v) is 7.86. The molecule has 24 heavy (non-hydrogen) atoms. The third kappa shape index (κ3) is 3.22. The highest BCUT2D eigenvalue weighted by Crippen LogP contribution is 2.20. The van der Waals surface area contributed by atoms with Crippen LogP contribution in [0.2, 0.25) is 0 Å². The van der Waals surface area contributed by atoms with Gasteiger partial charge >= 0.3 is 0 Å². The van der Waals surface area contributed by atoms with Gasteiger partial charge in [0.15, 0.2) is 5.69 Å². The first-order chi connectivity index (χ1) is 11.4. The number of nitrogens with zero attached hydrogens (tertiary/aromatic N) is 4. The number of benzene rings is 1. The Balaban J connectivity index is 1.75. The first kappa shape index (κ1) is 16.0. The van der Waals surface area contributed by atoms with Crippen LogP contribution in [0.25, 0.3) is 0 Å². The molecule has 0 fully saturated rings. The standard InChI is InChI=1S/C18H21N5O/c1-12-6-5-7-13(2)17(12)19-18(24)16-8-9-22(21-16)11-23-15(4)10-14(3)20-23/h5-10H,11H2,1-4H3,(H,19,24). The Hall–Kier alpha value is -2.89. The lowest BCUT2D eigenvalue weighted by molar-refractivity contribution is 0.102. The molecule has 0 bridgehead atoms. The third-order valence-corrected chi connectivity index (χ3v) is 3.98. The molecule has 0 aliphatic carbocycles. The van der Waals surface area contributed by atoms with Gasteiger partial charge in [0.2, 0.25) is 0 Å². The van der Waals surface area contributed by atoms with Crippen LogP contribution in [0.3, 0.4) is 0 Å². The molecule has 6 heteroatoms. The van der Waals surface area contributed by atoms with Crippen LogP contribution in [0.4, 0.5) is 5.69 Å². The van der Waals surface area contributed by atoms with E-state index in [0.717, 1.165) is 28.2 Å². The van der Waals surface area contributed by atoms with Gasteiger partial charge in [-0.3, -0.25) is 9.48 Å². The van der Waals surface area contributed by atoms with Gasteiger partial charge in [-0.2, -0.15) is 10.2 Å². The van der Waals surface area contributed by atoms with Crippen molar-refractivity contribution in [2.75, 3.05) is 5.32 Å². The van der Waals surface area contributed by atoms with E-state index in [0.29, 0.717) is 12.4 Å². The number of anilines is 1. The summed E-state index contributed by atoms with van der Waals surface area (Å²) in [6.45, 7) is 8.39. The second kappa shape index (κ2) is 6.31. The average Bonchev–Trinajstić information content (AvgIpc) is 3.10. The summed E-state index contributed by atoms with van der Waals surface area (Å²) in [5.41, 5.74) is 5.32. The number of para-hydroxylation sites is 1. The molecule has 0 saturated carbocycles. The molecule has 2 heterocycles. The van der Waals surface area contributed by atoms with Gasteiger partial charge < -0.3 is 5.32 Å². The lowest BCUT2D eigenvalue weighted by Gasteiger charge is -2.10. The van der Waals surface area contributed by atoms with Gasteiger partial charge in [-0.05, 0) is 51.0 Å². The number of carbonyl (C=O) groups is 1. The van der Waals surface area contributed by atoms with Gasteiger partial charge in [0.1, 0.15) is 6.67 Å². The van der Waals surface area contributed by atoms with Crippen molar-refractivity contribution in [1.82, 2.24) is 19.6 Å². The summed E-state index contributed by atoms with van der Waals surface area (Å²) in [5.74, 6) is -0.209. The predicted molar refractivity (Wildman–Crippen MR) is 93.2 cm³/mol. The fourth-order valence-electron chi connectivity index (χ4n) is 2.71. The Morgan fingerprint density at radius 2 is 1.79 bits per heavy atom. The van der Waals surface area contributed by atoms with Gasteiger partial charge in [0, 0.05) is 17.6 Å². The van der Waals surface area contributed by atoms with Crippen molar-refractivity contribution < 1.29 is 4.79 Å². The maximum absolute atomic E-state index is 12.4. The highest BCUT2D eigenvalue weighted by molar-refractivity contribution is 6.03. The van der Waals surface area contributed by atoms with Gasteiger partial charge in [0.25, 0.3) is 5.91 Å². The van der Waals surface area contributed by atoms with Crippen LogP contribution in [-0.2, 0) is 6.67 Å². The Bertz CT molecular complexity index is 870. The molecule has 0 radical (unpaired) electrons. The van der Waals surface area contributed by atoms with E-state index in [9.17, 15) is 4.79 Å². The van der Waals surface area contributed by atoms with Crippen LogP contribution >= 0.6 is 0 Å². The lowest BCUT2D eigenvalue weighted by atomic mass is 10.1. The van der Waals surface area contributed by atoms with Crippen LogP contribution in [0.1, 0.15) is 33.0 Å². The van der Waals surface area contributed by atoms with Crippen molar-refractivity contribution >= 4 is 11.6 Å². The number of carbonyl (C=O) groups excluding carboxylic acids is 1. The van der Waals surface area contributed by atoms with Crippen LogP contribution in [0, 0.1) is 27.7 Å². The number of rotatable bonds is 4. The maximum atomic E-state index is 12.4. The van der Waals surface area contributed by atoms with Crippen molar-refractivity contribution in [1.29, 1.82) is 0 Å². The molecule has 0 spiro atoms. The summed E-state index contributed by atoms with van der Waals surface area (Å²) < 4.78 is 3.56. The summed E-state index contributed by atoms with van der Waals surface area (Å²) in [5, 5.41) is 11.7. The molecule has 124 valence electrons. The molecule has 3 aromatic rings. The Morgan fingerprint density at radius 3 is 2.42 bits per heavy atom. The largest absolute Gasteiger partial charge is 0.320 e. The summed E-state index contributed by atoms with van der Waals surface area (Å²) in [4.78, 5) is 12.4. The fraction of sp³-hybridized carbons (Fsp3) is 0.278. The minimum absolute atomic E-state index is 0.209. The summed E-state index contributed by atoms with van der Waals surface area (Å²) in [6, 6.07) is 9.66. The zero-order chi connectivity index (χ0) is 17.3. The van der Waals surface area contributed by atoms with Gasteiger partial charge in [-0.15, -0.1) is 0 Å². The zero-order valence-electron chi connectivity index (χ0n) is 14.4. The zero-order valence-corrected chi connectivity index (χ0v) is 14.4. The van der Waals surface area contributed by atoms with E-state index in [-0.39, 0.29) is 5.91 Å². The topological polar surface area (TPSA) is 64.7 Å². The summed E-state index contributed by atoms with van der Waals surface area (Å²) >= 11 is 0. The summed E-state index contributed by atoms with van der Waals surface area (Å²) in [7, 11) is 0. The van der Waals surface area contributed by atoms with E-state index < -0.39 is 0 Å². The van der Waals surface area contributed by atoms with Crippen LogP contribution in [-0.4, -0.2) is 25.5 Å². The molecule has 2 aromatic heterocycles. The smallest absolute Gasteiger partial charge is 0.276 e. The Morgan fingerprint density at radius 1 is 1.08 bits per heavy atom. The van der Waals surface area contributed by atoms with Crippen LogP contribution in [0.5, 0.6) is 0 Å². The van der Waals surface area contributed by atoms with E-state index in [1.807, 2.05) is 56.6 Å². The molecule has 0 atom stereocenters. The maximum Gasteiger partial charge on any atom is 0.276 e. The number of aryl methyl sites for hydroxylation is 4. The quantitative estimate of drug-likeness (QED) is 0.802. The fourth-order valence-corrected chi connectivity index (χ4v) is 2.71. The number of amides is 1. The summed E-state index contributed by atoms with van der Waals surface area (Å²) in [6.07, 6.45) is 1.79. The molecular formula is C18H21N5O. The molecule has 6 nitrogen and oxygen atoms in total. The molecule has 0 aliphatic heterocycles. The van der Waals surface area contributed by atoms with Crippen molar-refractivity contribution in [2.45, 2.75) is 34.4 Å². The van der Waals surface area contributed by atoms with Gasteiger partial charge in [-0.25, -0.2) is 4.68 Å². The van der Waals surface area contributed by atoms with Gasteiger partial charge in [-0.1, -0.05) is 18.2 Å². The minimum atomic E-state index is -0.209. The number of nitrogens with one attached hydrogen (secondary N) is 1. The average molecular weight is 323 g/mol.